The molecule has 21 heavy (non-hydrogen) atoms. The minimum Gasteiger partial charge on any atom is -0.394 e. The molecule has 1 aliphatic heterocycles. The maximum atomic E-state index is 11.3. The largest absolute Gasteiger partial charge is 0.394 e. The van der Waals surface area contributed by atoms with Gasteiger partial charge in [-0.1, -0.05) is 30.3 Å². The standard InChI is InChI=1S/C14H19NO6/c1-8(17)15-13-12(19)11(18)10(7-16)21-14(13,20)9-5-3-2-4-6-9/h2-6,10-13,16,18-20H,7H2,1H3,(H,15,17)/t10-,11-,12+,13-,14?/m1/s1. The van der Waals surface area contributed by atoms with Gasteiger partial charge in [0.15, 0.2) is 0 Å². The van der Waals surface area contributed by atoms with Crippen LogP contribution in [-0.4, -0.2) is 57.3 Å². The summed E-state index contributed by atoms with van der Waals surface area (Å²) in [6.07, 6.45) is -4.10. The van der Waals surface area contributed by atoms with Gasteiger partial charge in [-0.05, 0) is 0 Å². The number of hydrogen-bond acceptors (Lipinski definition) is 6. The van der Waals surface area contributed by atoms with Crippen molar-refractivity contribution < 1.29 is 30.0 Å². The van der Waals surface area contributed by atoms with Crippen LogP contribution in [0.2, 0.25) is 0 Å². The maximum Gasteiger partial charge on any atom is 0.217 e. The minimum absolute atomic E-state index is 0.299. The van der Waals surface area contributed by atoms with E-state index in [2.05, 4.69) is 5.32 Å². The first-order chi connectivity index (χ1) is 9.90. The number of amides is 1. The molecule has 1 aromatic carbocycles. The van der Waals surface area contributed by atoms with Crippen molar-refractivity contribution in [2.75, 3.05) is 6.61 Å². The number of ether oxygens (including phenoxy) is 1. The van der Waals surface area contributed by atoms with Gasteiger partial charge in [0.2, 0.25) is 11.7 Å². The predicted molar refractivity (Wildman–Crippen MR) is 71.9 cm³/mol. The van der Waals surface area contributed by atoms with Crippen molar-refractivity contribution in [3.8, 4) is 0 Å². The summed E-state index contributed by atoms with van der Waals surface area (Å²) in [4.78, 5) is 11.3. The number of carbonyl (C=O) groups excluding carboxylic acids is 1. The van der Waals surface area contributed by atoms with Gasteiger partial charge in [0.1, 0.15) is 24.4 Å². The highest BCUT2D eigenvalue weighted by Crippen LogP contribution is 2.36. The van der Waals surface area contributed by atoms with Crippen LogP contribution in [0.15, 0.2) is 30.3 Å². The van der Waals surface area contributed by atoms with Gasteiger partial charge < -0.3 is 30.5 Å². The number of nitrogens with one attached hydrogen (secondary N) is 1. The zero-order valence-corrected chi connectivity index (χ0v) is 11.5. The lowest BCUT2D eigenvalue weighted by Crippen LogP contribution is -2.68. The predicted octanol–water partition coefficient (Wildman–Crippen LogP) is -1.55. The van der Waals surface area contributed by atoms with E-state index in [0.717, 1.165) is 0 Å². The molecule has 5 atom stereocenters. The molecule has 1 unspecified atom stereocenters. The normalized spacial score (nSPS) is 36.2. The highest BCUT2D eigenvalue weighted by Gasteiger charge is 2.54. The van der Waals surface area contributed by atoms with Crippen molar-refractivity contribution >= 4 is 5.91 Å². The summed E-state index contributed by atoms with van der Waals surface area (Å²) in [5.74, 6) is -2.55. The van der Waals surface area contributed by atoms with Crippen LogP contribution in [0.4, 0.5) is 0 Å². The second kappa shape index (κ2) is 6.08. The Kier molecular flexibility index (Phi) is 4.60. The molecule has 1 amide bonds. The zero-order chi connectivity index (χ0) is 15.6. The molecule has 1 aromatic rings. The number of hydrogen-bond donors (Lipinski definition) is 5. The van der Waals surface area contributed by atoms with Crippen molar-refractivity contribution in [3.05, 3.63) is 35.9 Å². The topological polar surface area (TPSA) is 119 Å². The molecule has 116 valence electrons. The quantitative estimate of drug-likeness (QED) is 0.461. The van der Waals surface area contributed by atoms with Crippen LogP contribution in [0.3, 0.4) is 0 Å². The van der Waals surface area contributed by atoms with Gasteiger partial charge in [-0.3, -0.25) is 4.79 Å². The average Bonchev–Trinajstić information content (AvgIpc) is 2.48. The van der Waals surface area contributed by atoms with Crippen molar-refractivity contribution in [2.45, 2.75) is 37.1 Å². The van der Waals surface area contributed by atoms with Gasteiger partial charge in [0.25, 0.3) is 0 Å². The number of rotatable bonds is 3. The van der Waals surface area contributed by atoms with E-state index >= 15 is 0 Å². The zero-order valence-electron chi connectivity index (χ0n) is 11.5. The lowest BCUT2D eigenvalue weighted by molar-refractivity contribution is -0.326. The third kappa shape index (κ3) is 2.92. The lowest BCUT2D eigenvalue weighted by atomic mass is 9.86. The summed E-state index contributed by atoms with van der Waals surface area (Å²) < 4.78 is 5.39. The molecule has 7 nitrogen and oxygen atoms in total. The molecule has 7 heteroatoms. The van der Waals surface area contributed by atoms with Crippen molar-refractivity contribution in [2.24, 2.45) is 0 Å². The molecule has 0 aliphatic carbocycles. The Morgan fingerprint density at radius 1 is 1.29 bits per heavy atom. The average molecular weight is 297 g/mol. The monoisotopic (exact) mass is 297 g/mol. The van der Waals surface area contributed by atoms with E-state index in [1.54, 1.807) is 30.3 Å². The van der Waals surface area contributed by atoms with Crippen LogP contribution < -0.4 is 5.32 Å². The molecule has 5 N–H and O–H groups in total. The summed E-state index contributed by atoms with van der Waals surface area (Å²) in [6.45, 7) is 0.642. The Hall–Kier alpha value is -1.51. The molecule has 0 saturated carbocycles. The van der Waals surface area contributed by atoms with Gasteiger partial charge >= 0.3 is 0 Å². The first-order valence-electron chi connectivity index (χ1n) is 6.60. The Morgan fingerprint density at radius 2 is 1.90 bits per heavy atom. The second-order valence-corrected chi connectivity index (χ2v) is 5.06. The summed E-state index contributed by atoms with van der Waals surface area (Å²) in [5.41, 5.74) is 0.299. The number of aliphatic hydroxyl groups excluding tert-OH is 3. The van der Waals surface area contributed by atoms with E-state index in [9.17, 15) is 25.2 Å². The Labute approximate surface area is 121 Å². The number of aliphatic hydroxyl groups is 4. The number of benzene rings is 1. The van der Waals surface area contributed by atoms with Crippen LogP contribution in [0.5, 0.6) is 0 Å². The molecule has 1 heterocycles. The van der Waals surface area contributed by atoms with Crippen molar-refractivity contribution in [1.29, 1.82) is 0 Å². The molecule has 1 fully saturated rings. The van der Waals surface area contributed by atoms with Gasteiger partial charge in [-0.25, -0.2) is 0 Å². The Morgan fingerprint density at radius 3 is 2.43 bits per heavy atom. The van der Waals surface area contributed by atoms with Gasteiger partial charge in [-0.15, -0.1) is 0 Å². The molecule has 0 spiro atoms. The lowest BCUT2D eigenvalue weighted by Gasteiger charge is -2.47. The third-order valence-electron chi connectivity index (χ3n) is 3.55. The SMILES string of the molecule is CC(=O)N[C@@H]1[C@@H](O)[C@H](O)[C@@H](CO)OC1(O)c1ccccc1. The van der Waals surface area contributed by atoms with E-state index in [4.69, 9.17) is 4.74 Å². The molecule has 1 saturated heterocycles. The van der Waals surface area contributed by atoms with Gasteiger partial charge in [0, 0.05) is 12.5 Å². The molecule has 0 radical (unpaired) electrons. The van der Waals surface area contributed by atoms with Crippen LogP contribution in [-0.2, 0) is 15.3 Å². The van der Waals surface area contributed by atoms with Crippen LogP contribution in [0, 0.1) is 0 Å². The summed E-state index contributed by atoms with van der Waals surface area (Å²) >= 11 is 0. The summed E-state index contributed by atoms with van der Waals surface area (Å²) in [5, 5.41) is 42.5. The molecular weight excluding hydrogens is 278 g/mol. The van der Waals surface area contributed by atoms with Gasteiger partial charge in [-0.2, -0.15) is 0 Å². The highest BCUT2D eigenvalue weighted by atomic mass is 16.6. The molecule has 0 bridgehead atoms. The Balaban J connectivity index is 2.44. The van der Waals surface area contributed by atoms with E-state index in [-0.39, 0.29) is 0 Å². The number of carbonyl (C=O) groups is 1. The first-order valence-corrected chi connectivity index (χ1v) is 6.60. The van der Waals surface area contributed by atoms with Gasteiger partial charge in [0.05, 0.1) is 6.61 Å². The fraction of sp³-hybridized carbons (Fsp3) is 0.500. The molecule has 2 rings (SSSR count). The third-order valence-corrected chi connectivity index (χ3v) is 3.55. The van der Waals surface area contributed by atoms with Crippen LogP contribution in [0.1, 0.15) is 12.5 Å². The fourth-order valence-corrected chi connectivity index (χ4v) is 2.49. The molecule has 0 aromatic heterocycles. The summed E-state index contributed by atoms with van der Waals surface area (Å²) in [7, 11) is 0. The second-order valence-electron chi connectivity index (χ2n) is 5.06. The van der Waals surface area contributed by atoms with E-state index in [0.29, 0.717) is 5.56 Å². The van der Waals surface area contributed by atoms with Crippen LogP contribution >= 0.6 is 0 Å². The molecular formula is C14H19NO6. The Bertz CT molecular complexity index is 495. The maximum absolute atomic E-state index is 11.3. The van der Waals surface area contributed by atoms with E-state index in [1.807, 2.05) is 0 Å². The van der Waals surface area contributed by atoms with Crippen molar-refractivity contribution in [3.63, 3.8) is 0 Å². The fourth-order valence-electron chi connectivity index (χ4n) is 2.49. The summed E-state index contributed by atoms with van der Waals surface area (Å²) in [6, 6.07) is 6.91. The first kappa shape index (κ1) is 15.9. The molecule has 1 aliphatic rings. The smallest absolute Gasteiger partial charge is 0.217 e. The highest BCUT2D eigenvalue weighted by molar-refractivity contribution is 5.73. The van der Waals surface area contributed by atoms with E-state index < -0.39 is 42.7 Å². The minimum atomic E-state index is -2.06. The van der Waals surface area contributed by atoms with E-state index in [1.165, 1.54) is 6.92 Å². The van der Waals surface area contributed by atoms with Crippen LogP contribution in [0.25, 0.3) is 0 Å². The van der Waals surface area contributed by atoms with Crippen molar-refractivity contribution in [1.82, 2.24) is 5.32 Å².